The van der Waals surface area contributed by atoms with Gasteiger partial charge in [-0.1, -0.05) is 42.1 Å². The summed E-state index contributed by atoms with van der Waals surface area (Å²) in [7, 11) is 0. The zero-order valence-electron chi connectivity index (χ0n) is 15.5. The second-order valence-corrected chi connectivity index (χ2v) is 7.43. The van der Waals surface area contributed by atoms with Gasteiger partial charge in [-0.2, -0.15) is 5.26 Å². The van der Waals surface area contributed by atoms with Crippen molar-refractivity contribution in [1.29, 1.82) is 5.26 Å². The Morgan fingerprint density at radius 1 is 1.22 bits per heavy atom. The smallest absolute Gasteiger partial charge is 0.240 e. The molecule has 0 bridgehead atoms. The number of rotatable bonds is 7. The van der Waals surface area contributed by atoms with Crippen molar-refractivity contribution in [1.82, 2.24) is 9.55 Å². The van der Waals surface area contributed by atoms with Crippen LogP contribution in [0.1, 0.15) is 20.3 Å². The monoisotopic (exact) mass is 378 g/mol. The summed E-state index contributed by atoms with van der Waals surface area (Å²) >= 11 is 1.46. The first-order valence-corrected chi connectivity index (χ1v) is 9.89. The van der Waals surface area contributed by atoms with E-state index >= 15 is 0 Å². The number of benzene rings is 2. The highest BCUT2D eigenvalue weighted by Crippen LogP contribution is 2.29. The first kappa shape index (κ1) is 19.0. The van der Waals surface area contributed by atoms with Gasteiger partial charge in [0.15, 0.2) is 5.16 Å². The average Bonchev–Trinajstić information content (AvgIpc) is 3.05. The number of hydrogen-bond donors (Lipinski definition) is 0. The van der Waals surface area contributed by atoms with Gasteiger partial charge in [0.1, 0.15) is 0 Å². The second kappa shape index (κ2) is 8.74. The molecule has 1 atom stereocenters. The lowest BCUT2D eigenvalue weighted by atomic mass is 10.2. The third-order valence-corrected chi connectivity index (χ3v) is 5.42. The van der Waals surface area contributed by atoms with Gasteiger partial charge in [0.25, 0.3) is 0 Å². The highest BCUT2D eigenvalue weighted by Gasteiger charge is 2.24. The van der Waals surface area contributed by atoms with Gasteiger partial charge < -0.3 is 9.47 Å². The fourth-order valence-electron chi connectivity index (χ4n) is 3.01. The zero-order chi connectivity index (χ0) is 19.2. The molecule has 0 aliphatic rings. The van der Waals surface area contributed by atoms with E-state index in [0.29, 0.717) is 13.0 Å². The predicted molar refractivity (Wildman–Crippen MR) is 110 cm³/mol. The SMILES string of the molecule is CCn1c(S[C@@H](C)C(=O)N(CCC#N)c2ccccc2)nc2ccccc21. The standard InChI is InChI=1S/C21H22N4OS/c1-3-24-19-13-8-7-12-18(19)23-21(24)27-16(2)20(26)25(15-9-14-22)17-10-5-4-6-11-17/h4-8,10-13,16H,3,9,15H2,1-2H3/t16-/m0/s1. The number of thioether (sulfide) groups is 1. The molecule has 1 heterocycles. The Kier molecular flexibility index (Phi) is 6.15. The number of imidazole rings is 1. The van der Waals surface area contributed by atoms with Gasteiger partial charge in [0.2, 0.25) is 5.91 Å². The molecule has 1 aromatic heterocycles. The molecule has 0 N–H and O–H groups in total. The van der Waals surface area contributed by atoms with Gasteiger partial charge in [0, 0.05) is 18.8 Å². The summed E-state index contributed by atoms with van der Waals surface area (Å²) in [5.74, 6) is -0.0174. The molecule has 2 aromatic carbocycles. The van der Waals surface area contributed by atoms with Crippen LogP contribution in [0.15, 0.2) is 59.8 Å². The number of carbonyl (C=O) groups is 1. The number of fused-ring (bicyclic) bond motifs is 1. The molecule has 0 saturated heterocycles. The number of aromatic nitrogens is 2. The summed E-state index contributed by atoms with van der Waals surface area (Å²) in [5.41, 5.74) is 2.83. The maximum Gasteiger partial charge on any atom is 0.240 e. The molecule has 0 aliphatic heterocycles. The lowest BCUT2D eigenvalue weighted by molar-refractivity contribution is -0.117. The molecule has 0 aliphatic carbocycles. The third kappa shape index (κ3) is 4.15. The van der Waals surface area contributed by atoms with Crippen molar-refractivity contribution in [3.8, 4) is 6.07 Å². The molecule has 0 spiro atoms. The molecule has 0 unspecified atom stereocenters. The van der Waals surface area contributed by atoms with E-state index in [1.807, 2.05) is 61.5 Å². The molecule has 6 heteroatoms. The van der Waals surface area contributed by atoms with Crippen molar-refractivity contribution < 1.29 is 4.79 Å². The molecule has 1 amide bonds. The Hall–Kier alpha value is -2.78. The van der Waals surface area contributed by atoms with Crippen molar-refractivity contribution in [2.24, 2.45) is 0 Å². The van der Waals surface area contributed by atoms with E-state index < -0.39 is 0 Å². The maximum atomic E-state index is 13.1. The van der Waals surface area contributed by atoms with E-state index in [4.69, 9.17) is 10.2 Å². The van der Waals surface area contributed by atoms with Crippen molar-refractivity contribution in [3.05, 3.63) is 54.6 Å². The minimum absolute atomic E-state index is 0.0174. The summed E-state index contributed by atoms with van der Waals surface area (Å²) < 4.78 is 2.13. The Morgan fingerprint density at radius 3 is 2.63 bits per heavy atom. The van der Waals surface area contributed by atoms with Crippen LogP contribution >= 0.6 is 11.8 Å². The number of nitriles is 1. The summed E-state index contributed by atoms with van der Waals surface area (Å²) in [6.07, 6.45) is 0.297. The number of amides is 1. The lowest BCUT2D eigenvalue weighted by Gasteiger charge is -2.25. The summed E-state index contributed by atoms with van der Waals surface area (Å²) in [5, 5.41) is 9.49. The average molecular weight is 379 g/mol. The molecule has 138 valence electrons. The molecule has 3 aromatic rings. The molecular formula is C21H22N4OS. The van der Waals surface area contributed by atoms with Gasteiger partial charge in [-0.25, -0.2) is 4.98 Å². The lowest BCUT2D eigenvalue weighted by Crippen LogP contribution is -2.37. The van der Waals surface area contributed by atoms with Gasteiger partial charge in [0.05, 0.1) is 28.8 Å². The van der Waals surface area contributed by atoms with Crippen LogP contribution in [-0.2, 0) is 11.3 Å². The highest BCUT2D eigenvalue weighted by atomic mass is 32.2. The largest absolute Gasteiger partial charge is 0.319 e. The summed E-state index contributed by atoms with van der Waals surface area (Å²) in [6.45, 7) is 5.15. The number of carbonyl (C=O) groups excluding carboxylic acids is 1. The Balaban J connectivity index is 1.84. The fourth-order valence-corrected chi connectivity index (χ4v) is 4.06. The molecule has 0 fully saturated rings. The van der Waals surface area contributed by atoms with Crippen molar-refractivity contribution in [2.45, 2.75) is 37.2 Å². The summed E-state index contributed by atoms with van der Waals surface area (Å²) in [6, 6.07) is 19.6. The minimum atomic E-state index is -0.314. The minimum Gasteiger partial charge on any atom is -0.319 e. The van der Waals surface area contributed by atoms with Crippen LogP contribution < -0.4 is 4.90 Å². The van der Waals surface area contributed by atoms with Crippen LogP contribution in [0.25, 0.3) is 11.0 Å². The van der Waals surface area contributed by atoms with Crippen molar-refractivity contribution in [3.63, 3.8) is 0 Å². The number of para-hydroxylation sites is 3. The van der Waals surface area contributed by atoms with Crippen LogP contribution in [0.5, 0.6) is 0 Å². The quantitative estimate of drug-likeness (QED) is 0.569. The van der Waals surface area contributed by atoms with E-state index in [1.165, 1.54) is 11.8 Å². The zero-order valence-corrected chi connectivity index (χ0v) is 16.3. The van der Waals surface area contributed by atoms with Gasteiger partial charge in [-0.05, 0) is 38.1 Å². The molecule has 0 radical (unpaired) electrons. The molecular weight excluding hydrogens is 356 g/mol. The first-order chi connectivity index (χ1) is 13.2. The first-order valence-electron chi connectivity index (χ1n) is 9.01. The van der Waals surface area contributed by atoms with Crippen molar-refractivity contribution >= 4 is 34.4 Å². The normalized spacial score (nSPS) is 11.9. The predicted octanol–water partition coefficient (Wildman–Crippen LogP) is 4.48. The van der Waals surface area contributed by atoms with Gasteiger partial charge in [-0.3, -0.25) is 4.79 Å². The maximum absolute atomic E-state index is 13.1. The molecule has 0 saturated carbocycles. The van der Waals surface area contributed by atoms with Gasteiger partial charge >= 0.3 is 0 Å². The third-order valence-electron chi connectivity index (χ3n) is 4.35. The molecule has 5 nitrogen and oxygen atoms in total. The van der Waals surface area contributed by atoms with Crippen LogP contribution in [-0.4, -0.2) is 27.3 Å². The number of hydrogen-bond acceptors (Lipinski definition) is 4. The fraction of sp³-hybridized carbons (Fsp3) is 0.286. The second-order valence-electron chi connectivity index (χ2n) is 6.12. The number of aryl methyl sites for hydroxylation is 1. The molecule has 27 heavy (non-hydrogen) atoms. The summed E-state index contributed by atoms with van der Waals surface area (Å²) in [4.78, 5) is 19.5. The highest BCUT2D eigenvalue weighted by molar-refractivity contribution is 8.00. The van der Waals surface area contributed by atoms with Crippen molar-refractivity contribution in [2.75, 3.05) is 11.4 Å². The number of anilines is 1. The van der Waals surface area contributed by atoms with E-state index in [-0.39, 0.29) is 11.2 Å². The van der Waals surface area contributed by atoms with Crippen LogP contribution in [0, 0.1) is 11.3 Å². The Bertz CT molecular complexity index is 961. The van der Waals surface area contributed by atoms with E-state index in [9.17, 15) is 4.79 Å². The molecule has 3 rings (SSSR count). The van der Waals surface area contributed by atoms with Crippen LogP contribution in [0.2, 0.25) is 0 Å². The van der Waals surface area contributed by atoms with E-state index in [0.717, 1.165) is 28.4 Å². The van der Waals surface area contributed by atoms with Crippen LogP contribution in [0.4, 0.5) is 5.69 Å². The van der Waals surface area contributed by atoms with E-state index in [2.05, 4.69) is 17.6 Å². The Labute approximate surface area is 163 Å². The van der Waals surface area contributed by atoms with E-state index in [1.54, 1.807) is 4.90 Å². The Morgan fingerprint density at radius 2 is 1.93 bits per heavy atom. The van der Waals surface area contributed by atoms with Gasteiger partial charge in [-0.15, -0.1) is 0 Å². The van der Waals surface area contributed by atoms with Crippen LogP contribution in [0.3, 0.4) is 0 Å². The topological polar surface area (TPSA) is 61.9 Å². The number of nitrogens with zero attached hydrogens (tertiary/aromatic N) is 4.